The lowest BCUT2D eigenvalue weighted by atomic mass is 10.1. The van der Waals surface area contributed by atoms with Gasteiger partial charge in [-0.2, -0.15) is 0 Å². The van der Waals surface area contributed by atoms with Crippen LogP contribution < -0.4 is 0 Å². The van der Waals surface area contributed by atoms with E-state index in [1.807, 2.05) is 0 Å². The first-order valence-electron chi connectivity index (χ1n) is 5.46. The van der Waals surface area contributed by atoms with E-state index in [-0.39, 0.29) is 11.5 Å². The summed E-state index contributed by atoms with van der Waals surface area (Å²) in [5, 5.41) is 7.79. The van der Waals surface area contributed by atoms with Gasteiger partial charge in [0.15, 0.2) is 12.0 Å². The molecule has 1 aromatic heterocycles. The predicted octanol–water partition coefficient (Wildman–Crippen LogP) is 2.23. The predicted molar refractivity (Wildman–Crippen MR) is 59.1 cm³/mol. The molecule has 0 spiro atoms. The second-order valence-electron chi connectivity index (χ2n) is 4.13. The molecule has 0 N–H and O–H groups in total. The molecule has 17 heavy (non-hydrogen) atoms. The van der Waals surface area contributed by atoms with Crippen molar-refractivity contribution in [2.24, 2.45) is 0 Å². The Bertz CT molecular complexity index is 575. The van der Waals surface area contributed by atoms with Crippen LogP contribution in [0.3, 0.4) is 0 Å². The van der Waals surface area contributed by atoms with Crippen LogP contribution in [0.4, 0.5) is 4.39 Å². The van der Waals surface area contributed by atoms with E-state index < -0.39 is 0 Å². The smallest absolute Gasteiger partial charge is 0.172 e. The van der Waals surface area contributed by atoms with Gasteiger partial charge < -0.3 is 0 Å². The van der Waals surface area contributed by atoms with E-state index >= 15 is 0 Å². The number of carbonyl (C=O) groups is 1. The van der Waals surface area contributed by atoms with Crippen molar-refractivity contribution in [3.05, 3.63) is 35.8 Å². The number of benzene rings is 1. The molecule has 0 unspecified atom stereocenters. The first-order valence-corrected chi connectivity index (χ1v) is 5.46. The average Bonchev–Trinajstić information content (AvgIpc) is 3.08. The fourth-order valence-electron chi connectivity index (χ4n) is 1.88. The zero-order valence-electron chi connectivity index (χ0n) is 9.01. The maximum absolute atomic E-state index is 13.2. The molecular weight excluding hydrogens is 221 g/mol. The highest BCUT2D eigenvalue weighted by Gasteiger charge is 2.29. The molecule has 1 aliphatic carbocycles. The van der Waals surface area contributed by atoms with Crippen LogP contribution in [0.2, 0.25) is 0 Å². The molecule has 1 aliphatic rings. The van der Waals surface area contributed by atoms with E-state index in [1.165, 1.54) is 12.1 Å². The molecule has 1 saturated carbocycles. The zero-order chi connectivity index (χ0) is 11.8. The van der Waals surface area contributed by atoms with Gasteiger partial charge in [0.1, 0.15) is 5.82 Å². The van der Waals surface area contributed by atoms with Crippen molar-refractivity contribution in [3.63, 3.8) is 0 Å². The largest absolute Gasteiger partial charge is 0.296 e. The number of nitrogens with zero attached hydrogens (tertiary/aromatic N) is 3. The van der Waals surface area contributed by atoms with Crippen LogP contribution in [0.25, 0.3) is 11.3 Å². The molecular formula is C12H10FN3O. The molecule has 0 aliphatic heterocycles. The highest BCUT2D eigenvalue weighted by molar-refractivity contribution is 5.83. The van der Waals surface area contributed by atoms with Crippen molar-refractivity contribution in [1.82, 2.24) is 15.0 Å². The van der Waals surface area contributed by atoms with Gasteiger partial charge in [-0.05, 0) is 25.0 Å². The molecule has 0 bridgehead atoms. The Hall–Kier alpha value is -2.04. The third-order valence-electron chi connectivity index (χ3n) is 2.82. The highest BCUT2D eigenvalue weighted by Crippen LogP contribution is 2.38. The summed E-state index contributed by atoms with van der Waals surface area (Å²) in [4.78, 5) is 10.9. The van der Waals surface area contributed by atoms with Crippen LogP contribution in [-0.2, 0) is 0 Å². The number of hydrogen-bond donors (Lipinski definition) is 0. The summed E-state index contributed by atoms with van der Waals surface area (Å²) >= 11 is 0. The van der Waals surface area contributed by atoms with E-state index in [9.17, 15) is 9.18 Å². The van der Waals surface area contributed by atoms with Gasteiger partial charge in [0.05, 0.1) is 11.7 Å². The number of aromatic nitrogens is 3. The van der Waals surface area contributed by atoms with Crippen LogP contribution in [-0.4, -0.2) is 21.3 Å². The van der Waals surface area contributed by atoms with Gasteiger partial charge in [-0.3, -0.25) is 4.79 Å². The fraction of sp³-hybridized carbons (Fsp3) is 0.250. The van der Waals surface area contributed by atoms with E-state index in [0.29, 0.717) is 23.6 Å². The lowest BCUT2D eigenvalue weighted by Gasteiger charge is -2.05. The Morgan fingerprint density at radius 3 is 2.88 bits per heavy atom. The highest BCUT2D eigenvalue weighted by atomic mass is 19.1. The first-order chi connectivity index (χ1) is 8.29. The molecule has 0 radical (unpaired) electrons. The summed E-state index contributed by atoms with van der Waals surface area (Å²) in [6, 6.07) is 6.44. The van der Waals surface area contributed by atoms with Crippen LogP contribution in [0.1, 0.15) is 29.4 Å². The molecule has 0 amide bonds. The summed E-state index contributed by atoms with van der Waals surface area (Å²) in [5.74, 6) is -0.331. The van der Waals surface area contributed by atoms with Gasteiger partial charge >= 0.3 is 0 Å². The standard InChI is InChI=1S/C12H10FN3O/c13-9-3-1-2-8(6-9)12-11(7-17)14-15-16(12)10-4-5-10/h1-3,6-7,10H,4-5H2. The monoisotopic (exact) mass is 231 g/mol. The van der Waals surface area contributed by atoms with Crippen molar-refractivity contribution < 1.29 is 9.18 Å². The van der Waals surface area contributed by atoms with Gasteiger partial charge in [-0.25, -0.2) is 9.07 Å². The van der Waals surface area contributed by atoms with Crippen LogP contribution >= 0.6 is 0 Å². The van der Waals surface area contributed by atoms with E-state index in [2.05, 4.69) is 10.3 Å². The Balaban J connectivity index is 2.17. The molecule has 86 valence electrons. The van der Waals surface area contributed by atoms with Crippen molar-refractivity contribution in [1.29, 1.82) is 0 Å². The lowest BCUT2D eigenvalue weighted by Crippen LogP contribution is -2.00. The lowest BCUT2D eigenvalue weighted by molar-refractivity contribution is 0.111. The Morgan fingerprint density at radius 2 is 2.24 bits per heavy atom. The summed E-state index contributed by atoms with van der Waals surface area (Å²) < 4.78 is 14.9. The summed E-state index contributed by atoms with van der Waals surface area (Å²) in [7, 11) is 0. The van der Waals surface area contributed by atoms with Crippen LogP contribution in [0, 0.1) is 5.82 Å². The molecule has 3 rings (SSSR count). The topological polar surface area (TPSA) is 47.8 Å². The third-order valence-corrected chi connectivity index (χ3v) is 2.82. The maximum Gasteiger partial charge on any atom is 0.172 e. The van der Waals surface area contributed by atoms with Gasteiger partial charge in [0, 0.05) is 5.56 Å². The Kier molecular flexibility index (Phi) is 2.24. The van der Waals surface area contributed by atoms with Crippen LogP contribution in [0.15, 0.2) is 24.3 Å². The van der Waals surface area contributed by atoms with Gasteiger partial charge in [0.25, 0.3) is 0 Å². The number of aldehydes is 1. The molecule has 5 heteroatoms. The van der Waals surface area contributed by atoms with Crippen molar-refractivity contribution in [2.75, 3.05) is 0 Å². The SMILES string of the molecule is O=Cc1nnn(C2CC2)c1-c1cccc(F)c1. The molecule has 0 saturated heterocycles. The second kappa shape index (κ2) is 3.76. The Morgan fingerprint density at radius 1 is 1.41 bits per heavy atom. The molecule has 4 nitrogen and oxygen atoms in total. The first kappa shape index (κ1) is 10.1. The summed E-state index contributed by atoms with van der Waals surface area (Å²) in [6.45, 7) is 0. The fourth-order valence-corrected chi connectivity index (χ4v) is 1.88. The summed E-state index contributed by atoms with van der Waals surface area (Å²) in [6.07, 6.45) is 2.72. The number of hydrogen-bond acceptors (Lipinski definition) is 3. The quantitative estimate of drug-likeness (QED) is 0.761. The number of rotatable bonds is 3. The Labute approximate surface area is 97.1 Å². The minimum absolute atomic E-state index is 0.266. The molecule has 1 fully saturated rings. The molecule has 0 atom stereocenters. The summed E-state index contributed by atoms with van der Waals surface area (Å²) in [5.41, 5.74) is 1.52. The minimum Gasteiger partial charge on any atom is -0.296 e. The van der Waals surface area contributed by atoms with E-state index in [4.69, 9.17) is 0 Å². The van der Waals surface area contributed by atoms with E-state index in [1.54, 1.807) is 16.8 Å². The van der Waals surface area contributed by atoms with E-state index in [0.717, 1.165) is 12.8 Å². The molecule has 1 heterocycles. The van der Waals surface area contributed by atoms with Gasteiger partial charge in [0.2, 0.25) is 0 Å². The number of carbonyl (C=O) groups excluding carboxylic acids is 1. The normalized spacial score (nSPS) is 14.9. The van der Waals surface area contributed by atoms with Crippen molar-refractivity contribution in [3.8, 4) is 11.3 Å². The van der Waals surface area contributed by atoms with Gasteiger partial charge in [-0.1, -0.05) is 17.3 Å². The van der Waals surface area contributed by atoms with Crippen molar-refractivity contribution in [2.45, 2.75) is 18.9 Å². The van der Waals surface area contributed by atoms with Crippen LogP contribution in [0.5, 0.6) is 0 Å². The zero-order valence-corrected chi connectivity index (χ0v) is 9.01. The minimum atomic E-state index is -0.331. The average molecular weight is 231 g/mol. The number of halogens is 1. The maximum atomic E-state index is 13.2. The third kappa shape index (κ3) is 1.73. The van der Waals surface area contributed by atoms with Crippen molar-refractivity contribution >= 4 is 6.29 Å². The van der Waals surface area contributed by atoms with Gasteiger partial charge in [-0.15, -0.1) is 5.10 Å². The molecule has 2 aromatic rings. The second-order valence-corrected chi connectivity index (χ2v) is 4.13. The molecule has 1 aromatic carbocycles.